The number of benzene rings is 1. The van der Waals surface area contributed by atoms with Gasteiger partial charge in [0, 0.05) is 5.56 Å². The molecule has 7 heteroatoms. The highest BCUT2D eigenvalue weighted by atomic mass is 19.4. The van der Waals surface area contributed by atoms with E-state index in [2.05, 4.69) is 10.3 Å². The summed E-state index contributed by atoms with van der Waals surface area (Å²) in [5.41, 5.74) is 0.401. The number of hydrogen-bond acceptors (Lipinski definition) is 3. The molecule has 3 aromatic rings. The standard InChI is InChI=1S/C14H10F3N3O/c15-14(16,17)11-5-3-10(4-6-11)13-9-20(19-18-13)8-12-2-1-7-21-12/h1-7,9H,8H2. The number of furan rings is 1. The second-order valence-corrected chi connectivity index (χ2v) is 4.46. The van der Waals surface area contributed by atoms with Crippen LogP contribution in [0.15, 0.2) is 53.3 Å². The molecule has 4 nitrogen and oxygen atoms in total. The zero-order valence-corrected chi connectivity index (χ0v) is 10.7. The molecule has 0 spiro atoms. The summed E-state index contributed by atoms with van der Waals surface area (Å²) in [5, 5.41) is 7.87. The zero-order chi connectivity index (χ0) is 14.9. The number of nitrogens with zero attached hydrogens (tertiary/aromatic N) is 3. The summed E-state index contributed by atoms with van der Waals surface area (Å²) in [6.07, 6.45) is -1.12. The van der Waals surface area contributed by atoms with E-state index in [-0.39, 0.29) is 0 Å². The van der Waals surface area contributed by atoms with Gasteiger partial charge in [0.05, 0.1) is 18.0 Å². The minimum Gasteiger partial charge on any atom is -0.467 e. The maximum Gasteiger partial charge on any atom is 0.416 e. The molecular formula is C14H10F3N3O. The predicted octanol–water partition coefficient (Wildman–Crippen LogP) is 3.61. The van der Waals surface area contributed by atoms with Gasteiger partial charge >= 0.3 is 6.18 Å². The van der Waals surface area contributed by atoms with Gasteiger partial charge in [-0.2, -0.15) is 13.2 Å². The fourth-order valence-electron chi connectivity index (χ4n) is 1.90. The molecule has 0 unspecified atom stereocenters. The zero-order valence-electron chi connectivity index (χ0n) is 10.7. The maximum absolute atomic E-state index is 12.5. The smallest absolute Gasteiger partial charge is 0.416 e. The second-order valence-electron chi connectivity index (χ2n) is 4.46. The van der Waals surface area contributed by atoms with Gasteiger partial charge in [0.25, 0.3) is 0 Å². The van der Waals surface area contributed by atoms with Gasteiger partial charge in [-0.3, -0.25) is 0 Å². The molecular weight excluding hydrogens is 283 g/mol. The van der Waals surface area contributed by atoms with Crippen molar-refractivity contribution >= 4 is 0 Å². The van der Waals surface area contributed by atoms with Gasteiger partial charge in [0.1, 0.15) is 18.0 Å². The average Bonchev–Trinajstić information content (AvgIpc) is 3.10. The Labute approximate surface area is 117 Å². The SMILES string of the molecule is FC(F)(F)c1ccc(-c2cn(Cc3ccco3)nn2)cc1. The third kappa shape index (κ3) is 2.96. The molecule has 3 rings (SSSR count). The van der Waals surface area contributed by atoms with E-state index in [1.165, 1.54) is 12.1 Å². The summed E-state index contributed by atoms with van der Waals surface area (Å²) < 4.78 is 44.2. The van der Waals surface area contributed by atoms with Crippen LogP contribution >= 0.6 is 0 Å². The van der Waals surface area contributed by atoms with Crippen LogP contribution in [-0.2, 0) is 12.7 Å². The van der Waals surface area contributed by atoms with Gasteiger partial charge in [0.15, 0.2) is 0 Å². The lowest BCUT2D eigenvalue weighted by Crippen LogP contribution is -2.03. The Bertz CT molecular complexity index is 715. The van der Waals surface area contributed by atoms with Crippen LogP contribution in [0, 0.1) is 0 Å². The van der Waals surface area contributed by atoms with E-state index in [4.69, 9.17) is 4.42 Å². The first-order valence-corrected chi connectivity index (χ1v) is 6.12. The van der Waals surface area contributed by atoms with Crippen LogP contribution in [0.1, 0.15) is 11.3 Å². The van der Waals surface area contributed by atoms with Gasteiger partial charge in [0.2, 0.25) is 0 Å². The van der Waals surface area contributed by atoms with Crippen LogP contribution in [0.3, 0.4) is 0 Å². The van der Waals surface area contributed by atoms with Gasteiger partial charge in [-0.1, -0.05) is 17.3 Å². The normalized spacial score (nSPS) is 11.8. The van der Waals surface area contributed by atoms with E-state index in [9.17, 15) is 13.2 Å². The van der Waals surface area contributed by atoms with Crippen LogP contribution in [0.5, 0.6) is 0 Å². The molecule has 0 saturated heterocycles. The van der Waals surface area contributed by atoms with Crippen molar-refractivity contribution in [2.24, 2.45) is 0 Å². The van der Waals surface area contributed by atoms with Crippen LogP contribution in [0.2, 0.25) is 0 Å². The molecule has 0 aliphatic heterocycles. The largest absolute Gasteiger partial charge is 0.467 e. The molecule has 21 heavy (non-hydrogen) atoms. The van der Waals surface area contributed by atoms with Crippen molar-refractivity contribution in [1.29, 1.82) is 0 Å². The summed E-state index contributed by atoms with van der Waals surface area (Å²) in [6, 6.07) is 8.39. The van der Waals surface area contributed by atoms with E-state index >= 15 is 0 Å². The highest BCUT2D eigenvalue weighted by molar-refractivity contribution is 5.58. The van der Waals surface area contributed by atoms with Crippen LogP contribution < -0.4 is 0 Å². The Kier molecular flexibility index (Phi) is 3.25. The van der Waals surface area contributed by atoms with E-state index in [1.54, 1.807) is 29.3 Å². The van der Waals surface area contributed by atoms with Crippen molar-refractivity contribution in [2.75, 3.05) is 0 Å². The van der Waals surface area contributed by atoms with E-state index in [1.807, 2.05) is 0 Å². The Morgan fingerprint density at radius 3 is 2.48 bits per heavy atom. The molecule has 0 aliphatic carbocycles. The lowest BCUT2D eigenvalue weighted by molar-refractivity contribution is -0.137. The fraction of sp³-hybridized carbons (Fsp3) is 0.143. The average molecular weight is 293 g/mol. The summed E-state index contributed by atoms with van der Waals surface area (Å²) in [7, 11) is 0. The lowest BCUT2D eigenvalue weighted by Gasteiger charge is -2.06. The first-order chi connectivity index (χ1) is 10.0. The van der Waals surface area contributed by atoms with Crippen LogP contribution in [-0.4, -0.2) is 15.0 Å². The van der Waals surface area contributed by atoms with Crippen LogP contribution in [0.4, 0.5) is 13.2 Å². The van der Waals surface area contributed by atoms with Crippen molar-refractivity contribution < 1.29 is 17.6 Å². The quantitative estimate of drug-likeness (QED) is 0.741. The number of alkyl halides is 3. The van der Waals surface area contributed by atoms with Crippen molar-refractivity contribution in [3.63, 3.8) is 0 Å². The Hall–Kier alpha value is -2.57. The molecule has 2 aromatic heterocycles. The van der Waals surface area contributed by atoms with Crippen molar-refractivity contribution in [3.05, 3.63) is 60.2 Å². The van der Waals surface area contributed by atoms with Crippen LogP contribution in [0.25, 0.3) is 11.3 Å². The van der Waals surface area contributed by atoms with Gasteiger partial charge in [-0.05, 0) is 24.3 Å². The molecule has 0 bridgehead atoms. The first-order valence-electron chi connectivity index (χ1n) is 6.12. The minimum absolute atomic E-state index is 0.417. The summed E-state index contributed by atoms with van der Waals surface area (Å²) >= 11 is 0. The van der Waals surface area contributed by atoms with Gasteiger partial charge < -0.3 is 4.42 Å². The Morgan fingerprint density at radius 1 is 1.10 bits per heavy atom. The third-order valence-electron chi connectivity index (χ3n) is 2.94. The monoisotopic (exact) mass is 293 g/mol. The fourth-order valence-corrected chi connectivity index (χ4v) is 1.90. The van der Waals surface area contributed by atoms with Gasteiger partial charge in [-0.25, -0.2) is 4.68 Å². The van der Waals surface area contributed by atoms with Crippen molar-refractivity contribution in [2.45, 2.75) is 12.7 Å². The second kappa shape index (κ2) is 5.08. The highest BCUT2D eigenvalue weighted by Crippen LogP contribution is 2.30. The maximum atomic E-state index is 12.5. The number of rotatable bonds is 3. The molecule has 2 heterocycles. The summed E-state index contributed by atoms with van der Waals surface area (Å²) in [6.45, 7) is 0.417. The highest BCUT2D eigenvalue weighted by Gasteiger charge is 2.30. The Morgan fingerprint density at radius 2 is 1.86 bits per heavy atom. The first kappa shape index (κ1) is 13.4. The van der Waals surface area contributed by atoms with E-state index < -0.39 is 11.7 Å². The number of hydrogen-bond donors (Lipinski definition) is 0. The molecule has 0 aliphatic rings. The molecule has 0 radical (unpaired) electrons. The predicted molar refractivity (Wildman–Crippen MR) is 68.3 cm³/mol. The molecule has 0 amide bonds. The lowest BCUT2D eigenvalue weighted by atomic mass is 10.1. The topological polar surface area (TPSA) is 43.9 Å². The van der Waals surface area contributed by atoms with E-state index in [0.717, 1.165) is 17.9 Å². The molecule has 108 valence electrons. The Balaban J connectivity index is 1.80. The number of aromatic nitrogens is 3. The van der Waals surface area contributed by atoms with Gasteiger partial charge in [-0.15, -0.1) is 5.10 Å². The third-order valence-corrected chi connectivity index (χ3v) is 2.94. The molecule has 0 N–H and O–H groups in total. The summed E-state index contributed by atoms with van der Waals surface area (Å²) in [5.74, 6) is 0.721. The number of halogens is 3. The molecule has 0 saturated carbocycles. The molecule has 0 fully saturated rings. The minimum atomic E-state index is -4.34. The summed E-state index contributed by atoms with van der Waals surface area (Å²) in [4.78, 5) is 0. The van der Waals surface area contributed by atoms with E-state index in [0.29, 0.717) is 17.8 Å². The van der Waals surface area contributed by atoms with Crippen molar-refractivity contribution in [3.8, 4) is 11.3 Å². The molecule has 1 aromatic carbocycles. The van der Waals surface area contributed by atoms with Crippen molar-refractivity contribution in [1.82, 2.24) is 15.0 Å². The molecule has 0 atom stereocenters.